The Morgan fingerprint density at radius 1 is 1.07 bits per heavy atom. The van der Waals surface area contributed by atoms with Gasteiger partial charge >= 0.3 is 5.69 Å². The molecule has 4 rings (SSSR count). The molecule has 9 heteroatoms. The molecule has 0 saturated carbocycles. The smallest absolute Gasteiger partial charge is 0.332 e. The Labute approximate surface area is 174 Å². The molecule has 1 aliphatic rings. The zero-order valence-corrected chi connectivity index (χ0v) is 18.2. The van der Waals surface area contributed by atoms with Gasteiger partial charge in [0.1, 0.15) is 0 Å². The normalized spacial score (nSPS) is 15.9. The summed E-state index contributed by atoms with van der Waals surface area (Å²) in [7, 11) is 1.67. The van der Waals surface area contributed by atoms with E-state index in [1.54, 1.807) is 7.05 Å². The number of morpholine rings is 1. The molecule has 1 aliphatic heterocycles. The van der Waals surface area contributed by atoms with E-state index in [4.69, 9.17) is 9.72 Å². The number of imidazole rings is 2. The Balaban J connectivity index is 1.78. The van der Waals surface area contributed by atoms with Crippen LogP contribution in [0.15, 0.2) is 21.7 Å². The molecule has 0 aliphatic carbocycles. The fraction of sp³-hybridized carbons (Fsp3) is 0.571. The highest BCUT2D eigenvalue weighted by Gasteiger charge is 2.22. The van der Waals surface area contributed by atoms with E-state index < -0.39 is 0 Å². The molecule has 0 amide bonds. The first kappa shape index (κ1) is 20.6. The number of fused-ring (bicyclic) bond motifs is 3. The van der Waals surface area contributed by atoms with E-state index in [9.17, 15) is 9.59 Å². The highest BCUT2D eigenvalue weighted by molar-refractivity contribution is 5.76. The first-order chi connectivity index (χ1) is 14.5. The molecule has 30 heavy (non-hydrogen) atoms. The van der Waals surface area contributed by atoms with Gasteiger partial charge in [-0.15, -0.1) is 0 Å². The third-order valence-corrected chi connectivity index (χ3v) is 6.11. The lowest BCUT2D eigenvalue weighted by Crippen LogP contribution is -2.39. The van der Waals surface area contributed by atoms with Crippen LogP contribution in [0, 0.1) is 13.8 Å². The van der Waals surface area contributed by atoms with Crippen molar-refractivity contribution in [3.63, 3.8) is 0 Å². The molecular weight excluding hydrogens is 384 g/mol. The third-order valence-electron chi connectivity index (χ3n) is 6.11. The van der Waals surface area contributed by atoms with Crippen molar-refractivity contribution >= 4 is 16.9 Å². The zero-order valence-electron chi connectivity index (χ0n) is 18.2. The molecule has 1 saturated heterocycles. The van der Waals surface area contributed by atoms with Gasteiger partial charge in [-0.3, -0.25) is 23.2 Å². The molecule has 0 radical (unpaired) electrons. The molecule has 1 fully saturated rings. The number of hydrogen-bond acceptors (Lipinski definition) is 5. The molecule has 0 N–H and O–H groups in total. The van der Waals surface area contributed by atoms with Gasteiger partial charge in [0.2, 0.25) is 5.78 Å². The Bertz CT molecular complexity index is 1220. The van der Waals surface area contributed by atoms with Crippen molar-refractivity contribution in [3.8, 4) is 0 Å². The second-order valence-electron chi connectivity index (χ2n) is 7.88. The number of allylic oxidation sites excluding steroid dienone is 2. The van der Waals surface area contributed by atoms with Crippen molar-refractivity contribution in [2.24, 2.45) is 7.05 Å². The lowest BCUT2D eigenvalue weighted by Gasteiger charge is -2.26. The van der Waals surface area contributed by atoms with E-state index in [-0.39, 0.29) is 17.8 Å². The van der Waals surface area contributed by atoms with E-state index in [1.165, 1.54) is 9.13 Å². The van der Waals surface area contributed by atoms with Gasteiger partial charge in [0.25, 0.3) is 5.56 Å². The molecule has 4 heterocycles. The number of ether oxygens (including phenoxy) is 1. The first-order valence-corrected chi connectivity index (χ1v) is 10.5. The molecule has 3 aromatic rings. The van der Waals surface area contributed by atoms with Crippen LogP contribution in [-0.2, 0) is 24.9 Å². The number of aryl methyl sites for hydroxylation is 3. The SMILES string of the molecule is CC=CCn1c(=O)c2c(nc3n(CCCN4CCOCC4)c(C)c(C)n23)n(C)c1=O. The van der Waals surface area contributed by atoms with E-state index >= 15 is 0 Å². The number of nitrogens with zero attached hydrogens (tertiary/aromatic N) is 6. The van der Waals surface area contributed by atoms with Crippen LogP contribution in [0.25, 0.3) is 16.9 Å². The summed E-state index contributed by atoms with van der Waals surface area (Å²) in [5.74, 6) is 0.720. The molecule has 162 valence electrons. The lowest BCUT2D eigenvalue weighted by molar-refractivity contribution is 0.0369. The Hall–Kier alpha value is -2.65. The van der Waals surface area contributed by atoms with Gasteiger partial charge in [0.05, 0.1) is 13.2 Å². The highest BCUT2D eigenvalue weighted by Crippen LogP contribution is 2.21. The molecular formula is C21H30N6O3. The fourth-order valence-electron chi connectivity index (χ4n) is 4.23. The summed E-state index contributed by atoms with van der Waals surface area (Å²) in [6.45, 7) is 11.5. The number of hydrogen-bond donors (Lipinski definition) is 0. The van der Waals surface area contributed by atoms with Crippen molar-refractivity contribution in [1.82, 2.24) is 28.0 Å². The van der Waals surface area contributed by atoms with Crippen LogP contribution in [0.1, 0.15) is 24.7 Å². The molecule has 0 atom stereocenters. The predicted octanol–water partition coefficient (Wildman–Crippen LogP) is 1.06. The maximum atomic E-state index is 13.2. The number of rotatable bonds is 6. The molecule has 3 aromatic heterocycles. The molecule has 0 spiro atoms. The first-order valence-electron chi connectivity index (χ1n) is 10.5. The van der Waals surface area contributed by atoms with Crippen molar-refractivity contribution < 1.29 is 4.74 Å². The van der Waals surface area contributed by atoms with Gasteiger partial charge in [-0.2, -0.15) is 4.98 Å². The van der Waals surface area contributed by atoms with Crippen molar-refractivity contribution in [3.05, 3.63) is 44.4 Å². The van der Waals surface area contributed by atoms with Crippen LogP contribution < -0.4 is 11.2 Å². The highest BCUT2D eigenvalue weighted by atomic mass is 16.5. The van der Waals surface area contributed by atoms with Crippen LogP contribution in [0.5, 0.6) is 0 Å². The van der Waals surface area contributed by atoms with Gasteiger partial charge in [-0.05, 0) is 27.2 Å². The monoisotopic (exact) mass is 414 g/mol. The van der Waals surface area contributed by atoms with Crippen LogP contribution in [0.4, 0.5) is 0 Å². The second kappa shape index (κ2) is 8.23. The van der Waals surface area contributed by atoms with Crippen LogP contribution in [0.2, 0.25) is 0 Å². The topological polar surface area (TPSA) is 78.7 Å². The van der Waals surface area contributed by atoms with Crippen molar-refractivity contribution in [1.29, 1.82) is 0 Å². The van der Waals surface area contributed by atoms with E-state index in [0.29, 0.717) is 11.2 Å². The van der Waals surface area contributed by atoms with Gasteiger partial charge in [-0.1, -0.05) is 12.2 Å². The molecule has 0 aromatic carbocycles. The number of aromatic nitrogens is 5. The van der Waals surface area contributed by atoms with Crippen LogP contribution >= 0.6 is 0 Å². The zero-order chi connectivity index (χ0) is 21.4. The second-order valence-corrected chi connectivity index (χ2v) is 7.88. The minimum atomic E-state index is -0.348. The Morgan fingerprint density at radius 3 is 2.50 bits per heavy atom. The summed E-state index contributed by atoms with van der Waals surface area (Å²) < 4.78 is 12.2. The molecule has 0 unspecified atom stereocenters. The summed E-state index contributed by atoms with van der Waals surface area (Å²) in [5, 5.41) is 0. The van der Waals surface area contributed by atoms with Crippen LogP contribution in [0.3, 0.4) is 0 Å². The van der Waals surface area contributed by atoms with Crippen LogP contribution in [-0.4, -0.2) is 60.8 Å². The summed E-state index contributed by atoms with van der Waals surface area (Å²) in [6, 6.07) is 0. The van der Waals surface area contributed by atoms with E-state index in [0.717, 1.165) is 63.0 Å². The largest absolute Gasteiger partial charge is 0.379 e. The summed E-state index contributed by atoms with van der Waals surface area (Å²) in [6.07, 6.45) is 4.63. The quantitative estimate of drug-likeness (QED) is 0.564. The Kier molecular flexibility index (Phi) is 5.66. The molecule has 9 nitrogen and oxygen atoms in total. The Morgan fingerprint density at radius 2 is 1.80 bits per heavy atom. The van der Waals surface area contributed by atoms with Crippen molar-refractivity contribution in [2.75, 3.05) is 32.8 Å². The lowest BCUT2D eigenvalue weighted by atomic mass is 10.3. The maximum absolute atomic E-state index is 13.2. The predicted molar refractivity (Wildman–Crippen MR) is 116 cm³/mol. The van der Waals surface area contributed by atoms with Gasteiger partial charge in [-0.25, -0.2) is 4.79 Å². The fourth-order valence-corrected chi connectivity index (χ4v) is 4.23. The summed E-state index contributed by atoms with van der Waals surface area (Å²) in [5.41, 5.74) is 2.32. The maximum Gasteiger partial charge on any atom is 0.332 e. The van der Waals surface area contributed by atoms with Crippen molar-refractivity contribution in [2.45, 2.75) is 40.3 Å². The average Bonchev–Trinajstić information content (AvgIpc) is 3.24. The van der Waals surface area contributed by atoms with E-state index in [1.807, 2.05) is 30.4 Å². The summed E-state index contributed by atoms with van der Waals surface area (Å²) >= 11 is 0. The van der Waals surface area contributed by atoms with Gasteiger partial charge in [0.15, 0.2) is 11.2 Å². The van der Waals surface area contributed by atoms with E-state index in [2.05, 4.69) is 16.4 Å². The average molecular weight is 415 g/mol. The third kappa shape index (κ3) is 3.31. The standard InChI is InChI=1S/C21H30N6O3/c1-5-6-9-26-19(28)17-18(23(4)21(26)29)22-20-25(15(2)16(3)27(17)20)10-7-8-24-11-13-30-14-12-24/h5-6H,7-14H2,1-4H3. The molecule has 0 bridgehead atoms. The minimum absolute atomic E-state index is 0.253. The van der Waals surface area contributed by atoms with Gasteiger partial charge < -0.3 is 9.30 Å². The summed E-state index contributed by atoms with van der Waals surface area (Å²) in [4.78, 5) is 33.1. The minimum Gasteiger partial charge on any atom is -0.379 e. The van der Waals surface area contributed by atoms with Gasteiger partial charge in [0, 0.05) is 51.2 Å².